The van der Waals surface area contributed by atoms with Crippen LogP contribution in [0.4, 0.5) is 5.69 Å². The number of hydrogen-bond acceptors (Lipinski definition) is 4. The predicted molar refractivity (Wildman–Crippen MR) is 124 cm³/mol. The first-order valence-electron chi connectivity index (χ1n) is 10.0. The molecule has 1 aromatic heterocycles. The van der Waals surface area contributed by atoms with Crippen molar-refractivity contribution in [2.24, 2.45) is 0 Å². The molecular weight excluding hydrogens is 388 g/mol. The second-order valence-corrected chi connectivity index (χ2v) is 7.36. The van der Waals surface area contributed by atoms with Gasteiger partial charge in [0.25, 0.3) is 5.91 Å². The molecule has 0 aliphatic heterocycles. The maximum atomic E-state index is 13.5. The van der Waals surface area contributed by atoms with Crippen LogP contribution in [0.25, 0.3) is 22.2 Å². The molecular formula is C26H24N2O3. The Balaban J connectivity index is 1.85. The molecule has 0 unspecified atom stereocenters. The zero-order valence-electron chi connectivity index (χ0n) is 18.0. The fourth-order valence-corrected chi connectivity index (χ4v) is 3.73. The molecule has 0 saturated carbocycles. The number of ether oxygens (including phenoxy) is 2. The number of para-hydroxylation sites is 1. The number of nitrogens with one attached hydrogen (secondary N) is 1. The molecule has 0 radical (unpaired) electrons. The fraction of sp³-hybridized carbons (Fsp3) is 0.154. The molecule has 1 amide bonds. The van der Waals surface area contributed by atoms with Crippen LogP contribution in [0.1, 0.15) is 21.5 Å². The first-order chi connectivity index (χ1) is 15.0. The van der Waals surface area contributed by atoms with Crippen LogP contribution >= 0.6 is 0 Å². The number of aryl methyl sites for hydroxylation is 1. The number of aromatic nitrogens is 1. The molecule has 3 aromatic carbocycles. The number of carbonyl (C=O) groups is 1. The van der Waals surface area contributed by atoms with E-state index in [1.54, 1.807) is 14.2 Å². The normalized spacial score (nSPS) is 10.7. The van der Waals surface area contributed by atoms with Crippen molar-refractivity contribution < 1.29 is 14.3 Å². The maximum absolute atomic E-state index is 13.5. The van der Waals surface area contributed by atoms with Crippen molar-refractivity contribution in [3.05, 3.63) is 83.4 Å². The second-order valence-electron chi connectivity index (χ2n) is 7.36. The van der Waals surface area contributed by atoms with Crippen molar-refractivity contribution in [3.63, 3.8) is 0 Å². The summed E-state index contributed by atoms with van der Waals surface area (Å²) in [6, 6.07) is 21.1. The highest BCUT2D eigenvalue weighted by Gasteiger charge is 2.20. The van der Waals surface area contributed by atoms with Crippen LogP contribution in [-0.2, 0) is 0 Å². The minimum atomic E-state index is -0.199. The Morgan fingerprint density at radius 3 is 2.35 bits per heavy atom. The number of rotatable bonds is 5. The SMILES string of the molecule is COc1ccc(-c2nc3ccccc3c(C(=O)Nc3cc(C)ccc3OC)c2C)cc1. The Kier molecular flexibility index (Phi) is 5.58. The van der Waals surface area contributed by atoms with Crippen molar-refractivity contribution in [2.75, 3.05) is 19.5 Å². The van der Waals surface area contributed by atoms with Crippen LogP contribution in [0.2, 0.25) is 0 Å². The van der Waals surface area contributed by atoms with Crippen molar-refractivity contribution in [3.8, 4) is 22.8 Å². The van der Waals surface area contributed by atoms with Gasteiger partial charge in [0.1, 0.15) is 11.5 Å². The summed E-state index contributed by atoms with van der Waals surface area (Å²) >= 11 is 0. The molecule has 4 rings (SSSR count). The number of carbonyl (C=O) groups excluding carboxylic acids is 1. The van der Waals surface area contributed by atoms with Gasteiger partial charge in [0.2, 0.25) is 0 Å². The Labute approximate surface area is 181 Å². The number of hydrogen-bond donors (Lipinski definition) is 1. The highest BCUT2D eigenvalue weighted by Crippen LogP contribution is 2.32. The van der Waals surface area contributed by atoms with Gasteiger partial charge in [-0.2, -0.15) is 0 Å². The van der Waals surface area contributed by atoms with E-state index in [2.05, 4.69) is 5.32 Å². The van der Waals surface area contributed by atoms with Crippen LogP contribution in [0, 0.1) is 13.8 Å². The van der Waals surface area contributed by atoms with E-state index in [1.807, 2.05) is 80.6 Å². The molecule has 4 aromatic rings. The third kappa shape index (κ3) is 3.94. The summed E-state index contributed by atoms with van der Waals surface area (Å²) in [5.74, 6) is 1.19. The second kappa shape index (κ2) is 8.48. The first kappa shape index (κ1) is 20.4. The smallest absolute Gasteiger partial charge is 0.256 e. The highest BCUT2D eigenvalue weighted by atomic mass is 16.5. The molecule has 0 aliphatic rings. The van der Waals surface area contributed by atoms with Gasteiger partial charge in [0.05, 0.1) is 36.7 Å². The monoisotopic (exact) mass is 412 g/mol. The number of nitrogens with zero attached hydrogens (tertiary/aromatic N) is 1. The lowest BCUT2D eigenvalue weighted by Crippen LogP contribution is -2.16. The van der Waals surface area contributed by atoms with E-state index in [-0.39, 0.29) is 5.91 Å². The molecule has 0 saturated heterocycles. The molecule has 156 valence electrons. The van der Waals surface area contributed by atoms with Gasteiger partial charge in [-0.25, -0.2) is 4.98 Å². The van der Waals surface area contributed by atoms with Gasteiger partial charge in [-0.05, 0) is 67.4 Å². The molecule has 0 aliphatic carbocycles. The number of benzene rings is 3. The van der Waals surface area contributed by atoms with Gasteiger partial charge in [0.15, 0.2) is 0 Å². The average molecular weight is 412 g/mol. The molecule has 1 N–H and O–H groups in total. The highest BCUT2D eigenvalue weighted by molar-refractivity contribution is 6.14. The van der Waals surface area contributed by atoms with E-state index in [4.69, 9.17) is 14.5 Å². The van der Waals surface area contributed by atoms with E-state index >= 15 is 0 Å². The first-order valence-corrected chi connectivity index (χ1v) is 10.0. The maximum Gasteiger partial charge on any atom is 0.256 e. The molecule has 31 heavy (non-hydrogen) atoms. The molecule has 0 bridgehead atoms. The van der Waals surface area contributed by atoms with Gasteiger partial charge < -0.3 is 14.8 Å². The third-order valence-electron chi connectivity index (χ3n) is 5.33. The summed E-state index contributed by atoms with van der Waals surface area (Å²) in [5.41, 5.74) is 5.53. The summed E-state index contributed by atoms with van der Waals surface area (Å²) in [6.45, 7) is 3.91. The summed E-state index contributed by atoms with van der Waals surface area (Å²) in [4.78, 5) is 18.4. The van der Waals surface area contributed by atoms with E-state index in [9.17, 15) is 4.79 Å². The molecule has 5 nitrogen and oxygen atoms in total. The summed E-state index contributed by atoms with van der Waals surface area (Å²) < 4.78 is 10.7. The standard InChI is InChI=1S/C26H24N2O3/c1-16-9-14-23(31-4)22(15-16)28-26(29)24-17(2)25(18-10-12-19(30-3)13-11-18)27-21-8-6-5-7-20(21)24/h5-15H,1-4H3,(H,28,29). The van der Waals surface area contributed by atoms with Crippen LogP contribution < -0.4 is 14.8 Å². The number of anilines is 1. The van der Waals surface area contributed by atoms with Crippen molar-refractivity contribution in [1.82, 2.24) is 4.98 Å². The van der Waals surface area contributed by atoms with Crippen molar-refractivity contribution in [1.29, 1.82) is 0 Å². The number of amides is 1. The van der Waals surface area contributed by atoms with Gasteiger partial charge in [-0.3, -0.25) is 4.79 Å². The Hall–Kier alpha value is -3.86. The van der Waals surface area contributed by atoms with Crippen LogP contribution in [0.3, 0.4) is 0 Å². The quantitative estimate of drug-likeness (QED) is 0.451. The van der Waals surface area contributed by atoms with E-state index in [0.29, 0.717) is 17.0 Å². The van der Waals surface area contributed by atoms with E-state index < -0.39 is 0 Å². The topological polar surface area (TPSA) is 60.5 Å². The lowest BCUT2D eigenvalue weighted by Gasteiger charge is -2.16. The van der Waals surface area contributed by atoms with Crippen molar-refractivity contribution >= 4 is 22.5 Å². The largest absolute Gasteiger partial charge is 0.497 e. The van der Waals surface area contributed by atoms with Crippen LogP contribution in [0.5, 0.6) is 11.5 Å². The lowest BCUT2D eigenvalue weighted by atomic mass is 9.97. The zero-order chi connectivity index (χ0) is 22.0. The number of pyridine rings is 1. The van der Waals surface area contributed by atoms with Gasteiger partial charge in [-0.15, -0.1) is 0 Å². The van der Waals surface area contributed by atoms with Crippen LogP contribution in [-0.4, -0.2) is 25.1 Å². The lowest BCUT2D eigenvalue weighted by molar-refractivity contribution is 0.102. The summed E-state index contributed by atoms with van der Waals surface area (Å²) in [5, 5.41) is 3.84. The summed E-state index contributed by atoms with van der Waals surface area (Å²) in [7, 11) is 3.23. The van der Waals surface area contributed by atoms with Crippen molar-refractivity contribution in [2.45, 2.75) is 13.8 Å². The van der Waals surface area contributed by atoms with Gasteiger partial charge in [0, 0.05) is 10.9 Å². The zero-order valence-corrected chi connectivity index (χ0v) is 18.0. The molecule has 0 spiro atoms. The molecule has 1 heterocycles. The van der Waals surface area contributed by atoms with Crippen LogP contribution in [0.15, 0.2) is 66.7 Å². The molecule has 5 heteroatoms. The fourth-order valence-electron chi connectivity index (χ4n) is 3.73. The minimum Gasteiger partial charge on any atom is -0.497 e. The summed E-state index contributed by atoms with van der Waals surface area (Å²) in [6.07, 6.45) is 0. The predicted octanol–water partition coefficient (Wildman–Crippen LogP) is 5.79. The molecule has 0 atom stereocenters. The third-order valence-corrected chi connectivity index (χ3v) is 5.33. The Morgan fingerprint density at radius 2 is 1.65 bits per heavy atom. The average Bonchev–Trinajstić information content (AvgIpc) is 2.79. The van der Waals surface area contributed by atoms with E-state index in [0.717, 1.165) is 39.0 Å². The Bertz CT molecular complexity index is 1260. The van der Waals surface area contributed by atoms with Gasteiger partial charge >= 0.3 is 0 Å². The van der Waals surface area contributed by atoms with Gasteiger partial charge in [-0.1, -0.05) is 24.3 Å². The molecule has 0 fully saturated rings. The number of fused-ring (bicyclic) bond motifs is 1. The minimum absolute atomic E-state index is 0.199. The van der Waals surface area contributed by atoms with E-state index in [1.165, 1.54) is 0 Å². The number of methoxy groups -OCH3 is 2. The Morgan fingerprint density at radius 1 is 0.903 bits per heavy atom.